The van der Waals surface area contributed by atoms with E-state index in [1.165, 1.54) is 57.8 Å². The van der Waals surface area contributed by atoms with Gasteiger partial charge in [0.25, 0.3) is 0 Å². The number of rotatable bonds is 6. The van der Waals surface area contributed by atoms with Crippen LogP contribution in [-0.2, 0) is 4.74 Å². The van der Waals surface area contributed by atoms with Gasteiger partial charge in [0.05, 0.1) is 6.61 Å². The quantitative estimate of drug-likeness (QED) is 0.701. The molecule has 0 saturated heterocycles. The van der Waals surface area contributed by atoms with Gasteiger partial charge in [-0.05, 0) is 31.6 Å². The molecule has 94 valence electrons. The van der Waals surface area contributed by atoms with E-state index in [1.807, 2.05) is 0 Å². The van der Waals surface area contributed by atoms with Gasteiger partial charge in [-0.25, -0.2) is 0 Å². The second kappa shape index (κ2) is 7.29. The Morgan fingerprint density at radius 2 is 1.56 bits per heavy atom. The van der Waals surface area contributed by atoms with Crippen LogP contribution in [0, 0.1) is 5.92 Å². The molecule has 0 heterocycles. The Balaban J connectivity index is 1.46. The summed E-state index contributed by atoms with van der Waals surface area (Å²) in [7, 11) is 0. The summed E-state index contributed by atoms with van der Waals surface area (Å²) in [5, 5.41) is 3.66. The molecule has 0 atom stereocenters. The third kappa shape index (κ3) is 5.31. The van der Waals surface area contributed by atoms with Crippen molar-refractivity contribution >= 4 is 0 Å². The zero-order valence-electron chi connectivity index (χ0n) is 10.5. The first-order valence-corrected chi connectivity index (χ1v) is 7.26. The van der Waals surface area contributed by atoms with Crippen LogP contribution in [0.25, 0.3) is 0 Å². The molecule has 16 heavy (non-hydrogen) atoms. The van der Waals surface area contributed by atoms with Crippen molar-refractivity contribution in [2.24, 2.45) is 5.92 Å². The average Bonchev–Trinajstić information content (AvgIpc) is 3.04. The summed E-state index contributed by atoms with van der Waals surface area (Å²) in [6.45, 7) is 2.97. The highest BCUT2D eigenvalue weighted by atomic mass is 16.5. The molecule has 2 fully saturated rings. The molecule has 2 heteroatoms. The highest BCUT2D eigenvalue weighted by Crippen LogP contribution is 2.28. The van der Waals surface area contributed by atoms with E-state index in [-0.39, 0.29) is 0 Å². The van der Waals surface area contributed by atoms with Crippen molar-refractivity contribution in [3.05, 3.63) is 0 Å². The highest BCUT2D eigenvalue weighted by Gasteiger charge is 2.20. The van der Waals surface area contributed by atoms with Gasteiger partial charge < -0.3 is 10.1 Å². The van der Waals surface area contributed by atoms with Crippen molar-refractivity contribution in [1.82, 2.24) is 5.32 Å². The van der Waals surface area contributed by atoms with Gasteiger partial charge in [-0.1, -0.05) is 32.1 Å². The van der Waals surface area contributed by atoms with Crippen molar-refractivity contribution in [1.29, 1.82) is 0 Å². The lowest BCUT2D eigenvalue weighted by Gasteiger charge is -2.21. The monoisotopic (exact) mass is 225 g/mol. The smallest absolute Gasteiger partial charge is 0.0591 e. The van der Waals surface area contributed by atoms with Gasteiger partial charge in [0.15, 0.2) is 0 Å². The first-order chi connectivity index (χ1) is 7.95. The Hall–Kier alpha value is -0.0800. The van der Waals surface area contributed by atoms with E-state index in [4.69, 9.17) is 4.74 Å². The van der Waals surface area contributed by atoms with Crippen molar-refractivity contribution in [2.45, 2.75) is 63.8 Å². The SMILES string of the molecule is C1CCCC(NCCOCC2CC2)CCC1. The van der Waals surface area contributed by atoms with Gasteiger partial charge in [-0.3, -0.25) is 0 Å². The van der Waals surface area contributed by atoms with Crippen molar-refractivity contribution in [3.63, 3.8) is 0 Å². The lowest BCUT2D eigenvalue weighted by molar-refractivity contribution is 0.123. The minimum atomic E-state index is 0.768. The molecule has 0 amide bonds. The van der Waals surface area contributed by atoms with E-state index in [1.54, 1.807) is 0 Å². The number of nitrogens with one attached hydrogen (secondary N) is 1. The van der Waals surface area contributed by atoms with Crippen molar-refractivity contribution in [3.8, 4) is 0 Å². The summed E-state index contributed by atoms with van der Waals surface area (Å²) < 4.78 is 5.64. The van der Waals surface area contributed by atoms with Crippen LogP contribution >= 0.6 is 0 Å². The van der Waals surface area contributed by atoms with Crippen molar-refractivity contribution in [2.75, 3.05) is 19.8 Å². The lowest BCUT2D eigenvalue weighted by Crippen LogP contribution is -2.32. The first-order valence-electron chi connectivity index (χ1n) is 7.26. The van der Waals surface area contributed by atoms with E-state index >= 15 is 0 Å². The highest BCUT2D eigenvalue weighted by molar-refractivity contribution is 4.72. The van der Waals surface area contributed by atoms with Crippen LogP contribution in [-0.4, -0.2) is 25.8 Å². The average molecular weight is 225 g/mol. The fraction of sp³-hybridized carbons (Fsp3) is 1.00. The largest absolute Gasteiger partial charge is 0.380 e. The van der Waals surface area contributed by atoms with Crippen LogP contribution in [0.2, 0.25) is 0 Å². The van der Waals surface area contributed by atoms with Crippen molar-refractivity contribution < 1.29 is 4.74 Å². The van der Waals surface area contributed by atoms with E-state index in [2.05, 4.69) is 5.32 Å². The zero-order chi connectivity index (χ0) is 11.1. The topological polar surface area (TPSA) is 21.3 Å². The second-order valence-electron chi connectivity index (χ2n) is 5.51. The van der Waals surface area contributed by atoms with Gasteiger partial charge in [0, 0.05) is 19.2 Å². The molecule has 0 aliphatic heterocycles. The van der Waals surface area contributed by atoms with E-state index in [9.17, 15) is 0 Å². The number of hydrogen-bond acceptors (Lipinski definition) is 2. The summed E-state index contributed by atoms with van der Waals surface area (Å²) >= 11 is 0. The molecular weight excluding hydrogens is 198 g/mol. The molecule has 0 aromatic heterocycles. The Labute approximate surface area is 100 Å². The molecular formula is C14H27NO. The fourth-order valence-electron chi connectivity index (χ4n) is 2.53. The molecule has 2 rings (SSSR count). The van der Waals surface area contributed by atoms with Gasteiger partial charge in [0.1, 0.15) is 0 Å². The Kier molecular flexibility index (Phi) is 5.64. The van der Waals surface area contributed by atoms with Gasteiger partial charge in [-0.15, -0.1) is 0 Å². The molecule has 0 bridgehead atoms. The summed E-state index contributed by atoms with van der Waals surface area (Å²) in [5.41, 5.74) is 0. The van der Waals surface area contributed by atoms with E-state index in [0.717, 1.165) is 31.7 Å². The molecule has 2 saturated carbocycles. The maximum absolute atomic E-state index is 5.64. The molecule has 0 radical (unpaired) electrons. The summed E-state index contributed by atoms with van der Waals surface area (Å²) in [6.07, 6.45) is 12.7. The first kappa shape index (κ1) is 12.4. The van der Waals surface area contributed by atoms with Crippen LogP contribution < -0.4 is 5.32 Å². The lowest BCUT2D eigenvalue weighted by atomic mass is 9.97. The standard InChI is InChI=1S/C14H27NO/c1-2-4-6-14(7-5-3-1)15-10-11-16-12-13-8-9-13/h13-15H,1-12H2. The summed E-state index contributed by atoms with van der Waals surface area (Å²) in [6, 6.07) is 0.768. The molecule has 1 N–H and O–H groups in total. The minimum Gasteiger partial charge on any atom is -0.380 e. The number of ether oxygens (including phenoxy) is 1. The maximum Gasteiger partial charge on any atom is 0.0591 e. The van der Waals surface area contributed by atoms with E-state index < -0.39 is 0 Å². The predicted molar refractivity (Wildman–Crippen MR) is 67.7 cm³/mol. The van der Waals surface area contributed by atoms with Crippen LogP contribution in [0.5, 0.6) is 0 Å². The third-order valence-electron chi connectivity index (χ3n) is 3.84. The van der Waals surface area contributed by atoms with Gasteiger partial charge in [0.2, 0.25) is 0 Å². The molecule has 0 aromatic carbocycles. The Morgan fingerprint density at radius 3 is 2.25 bits per heavy atom. The maximum atomic E-state index is 5.64. The zero-order valence-corrected chi connectivity index (χ0v) is 10.5. The Morgan fingerprint density at radius 1 is 0.875 bits per heavy atom. The van der Waals surface area contributed by atoms with Crippen LogP contribution in [0.3, 0.4) is 0 Å². The normalized spacial score (nSPS) is 24.0. The molecule has 0 unspecified atom stereocenters. The van der Waals surface area contributed by atoms with Crippen LogP contribution in [0.15, 0.2) is 0 Å². The fourth-order valence-corrected chi connectivity index (χ4v) is 2.53. The van der Waals surface area contributed by atoms with Gasteiger partial charge in [-0.2, -0.15) is 0 Å². The third-order valence-corrected chi connectivity index (χ3v) is 3.84. The molecule has 0 spiro atoms. The predicted octanol–water partition coefficient (Wildman–Crippen LogP) is 3.12. The molecule has 2 aliphatic carbocycles. The molecule has 2 nitrogen and oxygen atoms in total. The second-order valence-corrected chi connectivity index (χ2v) is 5.51. The van der Waals surface area contributed by atoms with E-state index in [0.29, 0.717) is 0 Å². The molecule has 0 aromatic rings. The van der Waals surface area contributed by atoms with Crippen LogP contribution in [0.4, 0.5) is 0 Å². The number of hydrogen-bond donors (Lipinski definition) is 1. The van der Waals surface area contributed by atoms with Gasteiger partial charge >= 0.3 is 0 Å². The summed E-state index contributed by atoms with van der Waals surface area (Å²) in [4.78, 5) is 0. The Bertz CT molecular complexity index is 172. The molecule has 2 aliphatic rings. The van der Waals surface area contributed by atoms with Crippen LogP contribution in [0.1, 0.15) is 57.8 Å². The minimum absolute atomic E-state index is 0.768. The summed E-state index contributed by atoms with van der Waals surface area (Å²) in [5.74, 6) is 0.904.